The highest BCUT2D eigenvalue weighted by atomic mass is 32.2. The summed E-state index contributed by atoms with van der Waals surface area (Å²) in [7, 11) is 0. The lowest BCUT2D eigenvalue weighted by molar-refractivity contribution is 0.621. The first-order valence-electron chi connectivity index (χ1n) is 5.48. The molecule has 0 fully saturated rings. The third-order valence-corrected chi connectivity index (χ3v) is 3.98. The molecule has 1 unspecified atom stereocenters. The average Bonchev–Trinajstić information content (AvgIpc) is 3.01. The van der Waals surface area contributed by atoms with Gasteiger partial charge in [-0.15, -0.1) is 11.8 Å². The highest BCUT2D eigenvalue weighted by molar-refractivity contribution is 8.14. The maximum Gasteiger partial charge on any atom is 0.152 e. The van der Waals surface area contributed by atoms with Crippen LogP contribution in [0.1, 0.15) is 5.56 Å². The smallest absolute Gasteiger partial charge is 0.152 e. The summed E-state index contributed by atoms with van der Waals surface area (Å²) in [5.41, 5.74) is 0.263. The van der Waals surface area contributed by atoms with Crippen LogP contribution in [-0.4, -0.2) is 23.6 Å². The Kier molecular flexibility index (Phi) is 2.59. The van der Waals surface area contributed by atoms with E-state index in [1.165, 1.54) is 12.1 Å². The van der Waals surface area contributed by atoms with Crippen molar-refractivity contribution in [1.29, 1.82) is 0 Å². The van der Waals surface area contributed by atoms with Gasteiger partial charge in [0.05, 0.1) is 0 Å². The van der Waals surface area contributed by atoms with Crippen LogP contribution in [-0.2, 0) is 5.54 Å². The van der Waals surface area contributed by atoms with Crippen LogP contribution < -0.4 is 0 Å². The number of benzene rings is 1. The van der Waals surface area contributed by atoms with Crippen molar-refractivity contribution in [2.75, 3.05) is 12.3 Å². The van der Waals surface area contributed by atoms with E-state index >= 15 is 0 Å². The molecule has 2 aliphatic heterocycles. The molecule has 0 aliphatic carbocycles. The molecular formula is C13H11FN2S. The molecule has 0 radical (unpaired) electrons. The standard InChI is InChI=1S/C13H11FN2S/c14-11-4-1-3-10(9-11)13(5-2-6-16-13)12-15-7-8-17-12/h1-6,9H,7-8H2. The molecular weight excluding hydrogens is 235 g/mol. The minimum absolute atomic E-state index is 0.235. The molecule has 0 N–H and O–H groups in total. The molecule has 2 aliphatic rings. The summed E-state index contributed by atoms with van der Waals surface area (Å²) in [6, 6.07) is 6.60. The van der Waals surface area contributed by atoms with Crippen molar-refractivity contribution in [3.63, 3.8) is 0 Å². The van der Waals surface area contributed by atoms with Gasteiger partial charge in [-0.2, -0.15) is 0 Å². The maximum absolute atomic E-state index is 13.4. The van der Waals surface area contributed by atoms with Crippen molar-refractivity contribution in [1.82, 2.24) is 0 Å². The fourth-order valence-corrected chi connectivity index (χ4v) is 3.12. The number of halogens is 1. The summed E-state index contributed by atoms with van der Waals surface area (Å²) in [5, 5.41) is 0.966. The number of allylic oxidation sites excluding steroid dienone is 1. The van der Waals surface area contributed by atoms with Gasteiger partial charge in [-0.1, -0.05) is 12.1 Å². The van der Waals surface area contributed by atoms with E-state index in [1.807, 2.05) is 18.2 Å². The highest BCUT2D eigenvalue weighted by Crippen LogP contribution is 2.38. The molecule has 2 nitrogen and oxygen atoms in total. The van der Waals surface area contributed by atoms with E-state index in [9.17, 15) is 4.39 Å². The zero-order valence-corrected chi connectivity index (χ0v) is 9.95. The second kappa shape index (κ2) is 4.11. The van der Waals surface area contributed by atoms with Crippen LogP contribution >= 0.6 is 11.8 Å². The van der Waals surface area contributed by atoms with Gasteiger partial charge in [0, 0.05) is 18.5 Å². The number of hydrogen-bond donors (Lipinski definition) is 0. The van der Waals surface area contributed by atoms with Gasteiger partial charge in [0.15, 0.2) is 5.54 Å². The lowest BCUT2D eigenvalue weighted by Gasteiger charge is -2.24. The molecule has 0 aromatic heterocycles. The van der Waals surface area contributed by atoms with Crippen LogP contribution in [0.5, 0.6) is 0 Å². The molecule has 4 heteroatoms. The summed E-state index contributed by atoms with van der Waals surface area (Å²) in [4.78, 5) is 8.99. The topological polar surface area (TPSA) is 24.7 Å². The second-order valence-corrected chi connectivity index (χ2v) is 5.03. The van der Waals surface area contributed by atoms with Gasteiger partial charge in [-0.25, -0.2) is 4.39 Å². The SMILES string of the molecule is Fc1cccc(C2(C3=NCCS3)C=CC=N2)c1. The molecule has 17 heavy (non-hydrogen) atoms. The van der Waals surface area contributed by atoms with E-state index in [2.05, 4.69) is 9.98 Å². The largest absolute Gasteiger partial charge is 0.279 e. The van der Waals surface area contributed by atoms with Crippen LogP contribution in [0.3, 0.4) is 0 Å². The fraction of sp³-hybridized carbons (Fsp3) is 0.231. The molecule has 1 aromatic carbocycles. The van der Waals surface area contributed by atoms with Crippen molar-refractivity contribution < 1.29 is 4.39 Å². The second-order valence-electron chi connectivity index (χ2n) is 3.95. The fourth-order valence-electron chi connectivity index (χ4n) is 2.10. The van der Waals surface area contributed by atoms with Crippen molar-refractivity contribution in [3.05, 3.63) is 47.8 Å². The van der Waals surface area contributed by atoms with Crippen LogP contribution in [0.4, 0.5) is 4.39 Å². The third kappa shape index (κ3) is 1.72. The number of aliphatic imine (C=N–C) groups is 2. The predicted octanol–water partition coefficient (Wildman–Crippen LogP) is 2.81. The summed E-state index contributed by atoms with van der Waals surface area (Å²) in [6.45, 7) is 0.820. The van der Waals surface area contributed by atoms with Gasteiger partial charge in [0.1, 0.15) is 10.9 Å². The average molecular weight is 246 g/mol. The van der Waals surface area contributed by atoms with Crippen molar-refractivity contribution in [3.8, 4) is 0 Å². The van der Waals surface area contributed by atoms with Crippen LogP contribution in [0.25, 0.3) is 0 Å². The maximum atomic E-state index is 13.4. The van der Waals surface area contributed by atoms with Crippen LogP contribution in [0, 0.1) is 5.82 Å². The molecule has 0 saturated carbocycles. The van der Waals surface area contributed by atoms with Gasteiger partial charge in [0.2, 0.25) is 0 Å². The van der Waals surface area contributed by atoms with Gasteiger partial charge in [-0.05, 0) is 29.8 Å². The van der Waals surface area contributed by atoms with Gasteiger partial charge in [-0.3, -0.25) is 9.98 Å². The minimum atomic E-state index is -0.580. The first kappa shape index (κ1) is 10.7. The van der Waals surface area contributed by atoms with Crippen LogP contribution in [0.2, 0.25) is 0 Å². The molecule has 0 spiro atoms. The van der Waals surface area contributed by atoms with Crippen LogP contribution in [0.15, 0.2) is 46.4 Å². The summed E-state index contributed by atoms with van der Waals surface area (Å²) in [5.74, 6) is 0.747. The third-order valence-electron chi connectivity index (χ3n) is 2.88. The lowest BCUT2D eigenvalue weighted by atomic mass is 9.92. The van der Waals surface area contributed by atoms with Crippen molar-refractivity contribution >= 4 is 23.0 Å². The summed E-state index contributed by atoms with van der Waals surface area (Å²) in [6.07, 6.45) is 5.64. The molecule has 86 valence electrons. The zero-order valence-electron chi connectivity index (χ0n) is 9.14. The highest BCUT2D eigenvalue weighted by Gasteiger charge is 2.38. The Hall–Kier alpha value is -1.42. The number of hydrogen-bond acceptors (Lipinski definition) is 3. The quantitative estimate of drug-likeness (QED) is 0.787. The Labute approximate surface area is 103 Å². The monoisotopic (exact) mass is 246 g/mol. The van der Waals surface area contributed by atoms with Gasteiger partial charge < -0.3 is 0 Å². The Bertz CT molecular complexity index is 522. The Balaban J connectivity index is 2.12. The van der Waals surface area contributed by atoms with E-state index in [4.69, 9.17) is 0 Å². The Morgan fingerprint density at radius 1 is 1.35 bits per heavy atom. The minimum Gasteiger partial charge on any atom is -0.279 e. The molecule has 0 saturated heterocycles. The van der Waals surface area contributed by atoms with E-state index in [1.54, 1.807) is 24.0 Å². The van der Waals surface area contributed by atoms with E-state index < -0.39 is 5.54 Å². The van der Waals surface area contributed by atoms with E-state index in [-0.39, 0.29) is 5.82 Å². The number of nitrogens with zero attached hydrogens (tertiary/aromatic N) is 2. The first-order valence-corrected chi connectivity index (χ1v) is 6.47. The number of thioether (sulfide) groups is 1. The normalized spacial score (nSPS) is 26.5. The molecule has 2 heterocycles. The molecule has 3 rings (SSSR count). The lowest BCUT2D eigenvalue weighted by Crippen LogP contribution is -2.27. The molecule has 0 bridgehead atoms. The Morgan fingerprint density at radius 2 is 2.29 bits per heavy atom. The Morgan fingerprint density at radius 3 is 2.94 bits per heavy atom. The summed E-state index contributed by atoms with van der Waals surface area (Å²) >= 11 is 1.70. The predicted molar refractivity (Wildman–Crippen MR) is 70.5 cm³/mol. The van der Waals surface area contributed by atoms with E-state index in [0.717, 1.165) is 22.9 Å². The molecule has 0 amide bonds. The zero-order chi connectivity index (χ0) is 11.7. The van der Waals surface area contributed by atoms with Crippen molar-refractivity contribution in [2.45, 2.75) is 5.54 Å². The van der Waals surface area contributed by atoms with Gasteiger partial charge in [0.25, 0.3) is 0 Å². The van der Waals surface area contributed by atoms with E-state index in [0.29, 0.717) is 0 Å². The molecule has 1 aromatic rings. The number of rotatable bonds is 2. The van der Waals surface area contributed by atoms with Crippen molar-refractivity contribution in [2.24, 2.45) is 9.98 Å². The first-order chi connectivity index (χ1) is 8.31. The molecule has 1 atom stereocenters. The summed E-state index contributed by atoms with van der Waals surface area (Å²) < 4.78 is 13.4. The van der Waals surface area contributed by atoms with Gasteiger partial charge >= 0.3 is 0 Å².